The highest BCUT2D eigenvalue weighted by Gasteiger charge is 2.65. The zero-order valence-electron chi connectivity index (χ0n) is 9.79. The molecule has 0 heterocycles. The fraction of sp³-hybridized carbons (Fsp3) is 0.300. The van der Waals surface area contributed by atoms with Gasteiger partial charge in [-0.05, 0) is 12.1 Å². The number of alkyl halides is 1. The maximum atomic E-state index is 12.8. The maximum absolute atomic E-state index is 12.8. The number of aliphatic hydroxyl groups excluding tert-OH is 1. The van der Waals surface area contributed by atoms with E-state index in [0.717, 1.165) is 6.07 Å². The lowest BCUT2D eigenvalue weighted by atomic mass is 10.1. The first-order valence-corrected chi connectivity index (χ1v) is 8.16. The second-order valence-corrected chi connectivity index (χ2v) is 6.76. The van der Waals surface area contributed by atoms with Crippen molar-refractivity contribution in [1.82, 2.24) is 0 Å². The van der Waals surface area contributed by atoms with Crippen LogP contribution in [0.4, 0.5) is 19.4 Å². The summed E-state index contributed by atoms with van der Waals surface area (Å²) in [5, 5.41) is 8.20. The van der Waals surface area contributed by atoms with Gasteiger partial charge >= 0.3 is 10.2 Å². The quantitative estimate of drug-likeness (QED) is 0.452. The number of carbonyl (C=O) groups is 1. The normalized spacial score (nSPS) is 15.3. The average molecular weight is 385 g/mol. The lowest BCUT2D eigenvalue weighted by Crippen LogP contribution is -2.10. The van der Waals surface area contributed by atoms with Gasteiger partial charge in [-0.1, -0.05) is 35.4 Å². The maximum Gasteiger partial charge on any atom is 0.310 e. The molecule has 10 heteroatoms. The highest BCUT2D eigenvalue weighted by atomic mass is 79.9. The summed E-state index contributed by atoms with van der Waals surface area (Å²) in [4.78, 5) is 9.17. The first-order valence-electron chi connectivity index (χ1n) is 5.09. The number of benzene rings is 1. The molecule has 0 saturated heterocycles. The Morgan fingerprint density at radius 2 is 1.80 bits per heavy atom. The second kappa shape index (κ2) is 4.85. The smallest absolute Gasteiger partial charge is 0.310 e. The van der Waals surface area contributed by atoms with Crippen LogP contribution in [0.1, 0.15) is 10.4 Å². The van der Waals surface area contributed by atoms with E-state index < -0.39 is 38.8 Å². The molecule has 0 aromatic heterocycles. The van der Waals surface area contributed by atoms with E-state index in [9.17, 15) is 24.2 Å². The minimum atomic E-state index is -9.92. The monoisotopic (exact) mass is 384 g/mol. The number of hydrogen-bond donors (Lipinski definition) is 1. The van der Waals surface area contributed by atoms with Gasteiger partial charge in [0.25, 0.3) is 0 Å². The van der Waals surface area contributed by atoms with E-state index in [1.807, 2.05) is 0 Å². The molecule has 0 fully saturated rings. The Hall–Kier alpha value is -0.870. The van der Waals surface area contributed by atoms with Crippen molar-refractivity contribution in [2.24, 2.45) is 0 Å². The molecule has 0 amide bonds. The summed E-state index contributed by atoms with van der Waals surface area (Å²) in [5.41, 5.74) is -0.555. The Bertz CT molecular complexity index is 531. The van der Waals surface area contributed by atoms with Crippen LogP contribution in [0.25, 0.3) is 0 Å². The molecule has 1 aromatic rings. The van der Waals surface area contributed by atoms with E-state index in [1.165, 1.54) is 0 Å². The molecule has 1 N–H and O–H groups in total. The Balaban J connectivity index is 3.43. The Labute approximate surface area is 119 Å². The van der Waals surface area contributed by atoms with Crippen molar-refractivity contribution in [2.75, 3.05) is 18.5 Å². The molecule has 0 spiro atoms. The van der Waals surface area contributed by atoms with E-state index in [2.05, 4.69) is 20.7 Å². The van der Waals surface area contributed by atoms with Crippen molar-refractivity contribution in [1.29, 1.82) is 0 Å². The van der Waals surface area contributed by atoms with Crippen LogP contribution in [-0.4, -0.2) is 29.4 Å². The minimum absolute atomic E-state index is 0.0942. The number of carbonyl (C=O) groups excluding carboxylic acids is 1. The number of ketones is 1. The summed E-state index contributed by atoms with van der Waals surface area (Å²) in [7, 11) is -9.92. The summed E-state index contributed by atoms with van der Waals surface area (Å²) in [6, 6.07) is 1.12. The number of aliphatic hydroxyl groups is 1. The fourth-order valence-corrected chi connectivity index (χ4v) is 2.29. The highest BCUT2D eigenvalue weighted by Crippen LogP contribution is 3.02. The van der Waals surface area contributed by atoms with Crippen molar-refractivity contribution in [3.8, 4) is 5.75 Å². The zero-order chi connectivity index (χ0) is 15.7. The van der Waals surface area contributed by atoms with Crippen molar-refractivity contribution < 1.29 is 34.1 Å². The Morgan fingerprint density at radius 1 is 1.20 bits per heavy atom. The molecule has 116 valence electrons. The van der Waals surface area contributed by atoms with Gasteiger partial charge in [0.05, 0.1) is 11.9 Å². The summed E-state index contributed by atoms with van der Waals surface area (Å²) >= 11 is 2.74. The van der Waals surface area contributed by atoms with Gasteiger partial charge in [-0.25, -0.2) is 0 Å². The van der Waals surface area contributed by atoms with Gasteiger partial charge in [0.2, 0.25) is 0 Å². The van der Waals surface area contributed by atoms with Gasteiger partial charge in [0, 0.05) is 11.6 Å². The van der Waals surface area contributed by atoms with Crippen molar-refractivity contribution >= 4 is 31.9 Å². The molecule has 0 saturated carbocycles. The highest BCUT2D eigenvalue weighted by molar-refractivity contribution is 9.09. The number of halogens is 6. The molecule has 0 atom stereocenters. The molecule has 0 bridgehead atoms. The van der Waals surface area contributed by atoms with Gasteiger partial charge in [-0.2, -0.15) is 0 Å². The number of rotatable bonds is 6. The van der Waals surface area contributed by atoms with Crippen LogP contribution in [0, 0.1) is 0 Å². The van der Waals surface area contributed by atoms with Gasteiger partial charge < -0.3 is 9.84 Å². The SMILES string of the molecule is O=C(CBr)c1cc(OCCO)cc(S(F)(F)(F)(F)F)c1. The third-order valence-electron chi connectivity index (χ3n) is 2.13. The molecule has 0 aliphatic heterocycles. The lowest BCUT2D eigenvalue weighted by molar-refractivity contribution is 0.102. The van der Waals surface area contributed by atoms with Gasteiger partial charge in [0.15, 0.2) is 5.78 Å². The molecule has 1 rings (SSSR count). The summed E-state index contributed by atoms with van der Waals surface area (Å²) in [5.74, 6) is -1.36. The number of Topliss-reactive ketones (excluding diaryl/α,β-unsaturated/α-hetero) is 1. The fourth-order valence-electron chi connectivity index (χ4n) is 1.28. The molecule has 0 radical (unpaired) electrons. The molecular weight excluding hydrogens is 375 g/mol. The van der Waals surface area contributed by atoms with Crippen molar-refractivity contribution in [2.45, 2.75) is 4.90 Å². The molecule has 3 nitrogen and oxygen atoms in total. The predicted molar refractivity (Wildman–Crippen MR) is 68.5 cm³/mol. The molecule has 1 aromatic carbocycles. The number of hydrogen-bond acceptors (Lipinski definition) is 3. The lowest BCUT2D eigenvalue weighted by Gasteiger charge is -2.40. The first-order chi connectivity index (χ1) is 8.87. The topological polar surface area (TPSA) is 46.5 Å². The third-order valence-corrected chi connectivity index (χ3v) is 3.76. The van der Waals surface area contributed by atoms with Crippen LogP contribution < -0.4 is 4.74 Å². The standard InChI is InChI=1S/C10H10BrF5O3S/c11-6-10(18)7-3-8(19-2-1-17)5-9(4-7)20(12,13,14,15)16/h3-5,17H,1-2,6H2. The van der Waals surface area contributed by atoms with Gasteiger partial charge in [-0.3, -0.25) is 4.79 Å². The van der Waals surface area contributed by atoms with E-state index >= 15 is 0 Å². The predicted octanol–water partition coefficient (Wildman–Crippen LogP) is 4.29. The molecule has 0 unspecified atom stereocenters. The average Bonchev–Trinajstić information content (AvgIpc) is 2.32. The van der Waals surface area contributed by atoms with Crippen LogP contribution in [0.15, 0.2) is 23.1 Å². The van der Waals surface area contributed by atoms with Crippen LogP contribution >= 0.6 is 26.2 Å². The minimum Gasteiger partial charge on any atom is -0.491 e. The Kier molecular flexibility index (Phi) is 4.16. The summed E-state index contributed by atoms with van der Waals surface area (Å²) < 4.78 is 68.5. The summed E-state index contributed by atoms with van der Waals surface area (Å²) in [6.07, 6.45) is 0. The first kappa shape index (κ1) is 17.2. The Morgan fingerprint density at radius 3 is 2.25 bits per heavy atom. The van der Waals surface area contributed by atoms with E-state index in [0.29, 0.717) is 0 Å². The zero-order valence-corrected chi connectivity index (χ0v) is 12.2. The van der Waals surface area contributed by atoms with Crippen molar-refractivity contribution in [3.05, 3.63) is 23.8 Å². The summed E-state index contributed by atoms with van der Waals surface area (Å²) in [6.45, 7) is -0.895. The third kappa shape index (κ3) is 4.60. The van der Waals surface area contributed by atoms with Crippen LogP contribution in [-0.2, 0) is 0 Å². The van der Waals surface area contributed by atoms with Gasteiger partial charge in [0.1, 0.15) is 17.3 Å². The van der Waals surface area contributed by atoms with E-state index in [1.54, 1.807) is 0 Å². The van der Waals surface area contributed by atoms with Gasteiger partial charge in [-0.15, -0.1) is 0 Å². The van der Waals surface area contributed by atoms with Crippen molar-refractivity contribution in [3.63, 3.8) is 0 Å². The van der Waals surface area contributed by atoms with E-state index in [-0.39, 0.29) is 24.1 Å². The molecule has 0 aliphatic carbocycles. The second-order valence-electron chi connectivity index (χ2n) is 3.79. The molecule has 0 aliphatic rings. The van der Waals surface area contributed by atoms with Crippen LogP contribution in [0.5, 0.6) is 5.75 Å². The largest absolute Gasteiger partial charge is 0.491 e. The molecule has 20 heavy (non-hydrogen) atoms. The molecular formula is C10H10BrF5O3S. The van der Waals surface area contributed by atoms with Crippen LogP contribution in [0.3, 0.4) is 0 Å². The van der Waals surface area contributed by atoms with E-state index in [4.69, 9.17) is 5.11 Å². The van der Waals surface area contributed by atoms with Crippen LogP contribution in [0.2, 0.25) is 0 Å². The number of ether oxygens (including phenoxy) is 1.